The highest BCUT2D eigenvalue weighted by Gasteiger charge is 2.16. The molecule has 0 spiro atoms. The summed E-state index contributed by atoms with van der Waals surface area (Å²) in [6.07, 6.45) is 10.2. The molecule has 2 N–H and O–H groups in total. The van der Waals surface area contributed by atoms with Gasteiger partial charge in [0, 0.05) is 45.5 Å². The van der Waals surface area contributed by atoms with E-state index in [4.69, 9.17) is 4.99 Å². The van der Waals surface area contributed by atoms with E-state index in [9.17, 15) is 0 Å². The van der Waals surface area contributed by atoms with Gasteiger partial charge in [-0.15, -0.1) is 24.0 Å². The lowest BCUT2D eigenvalue weighted by atomic mass is 10.0. The maximum atomic E-state index is 4.71. The number of hydrogen-bond donors (Lipinski definition) is 2. The molecule has 1 fully saturated rings. The number of aryl methyl sites for hydroxylation is 1. The van der Waals surface area contributed by atoms with Crippen molar-refractivity contribution in [2.45, 2.75) is 52.0 Å². The highest BCUT2D eigenvalue weighted by molar-refractivity contribution is 14.0. The van der Waals surface area contributed by atoms with Crippen LogP contribution in [0.4, 0.5) is 0 Å². The number of aliphatic imine (C=N–C) groups is 1. The van der Waals surface area contributed by atoms with Gasteiger partial charge in [-0.3, -0.25) is 9.67 Å². The number of guanidine groups is 1. The molecule has 1 atom stereocenters. The van der Waals surface area contributed by atoms with Gasteiger partial charge in [-0.05, 0) is 51.6 Å². The Bertz CT molecular complexity index is 502. The topological polar surface area (TPSA) is 57.5 Å². The van der Waals surface area contributed by atoms with E-state index in [0.29, 0.717) is 0 Å². The van der Waals surface area contributed by atoms with E-state index in [1.54, 1.807) is 0 Å². The molecule has 25 heavy (non-hydrogen) atoms. The van der Waals surface area contributed by atoms with Crippen LogP contribution in [0.2, 0.25) is 0 Å². The fourth-order valence-electron chi connectivity index (χ4n) is 3.22. The van der Waals surface area contributed by atoms with E-state index in [2.05, 4.69) is 40.7 Å². The Balaban J connectivity index is 0.00000312. The van der Waals surface area contributed by atoms with Crippen LogP contribution in [-0.2, 0) is 13.5 Å². The van der Waals surface area contributed by atoms with Gasteiger partial charge in [-0.25, -0.2) is 0 Å². The minimum atomic E-state index is 0. The van der Waals surface area contributed by atoms with Gasteiger partial charge in [0.1, 0.15) is 0 Å². The monoisotopic (exact) mass is 462 g/mol. The molecule has 0 bridgehead atoms. The van der Waals surface area contributed by atoms with Crippen molar-refractivity contribution in [2.75, 3.05) is 32.7 Å². The van der Waals surface area contributed by atoms with E-state index in [1.807, 2.05) is 17.9 Å². The molecule has 1 aliphatic rings. The number of rotatable bonds is 8. The molecular formula is C18H35IN6. The van der Waals surface area contributed by atoms with Gasteiger partial charge in [0.2, 0.25) is 0 Å². The molecule has 0 radical (unpaired) electrons. The quantitative estimate of drug-likeness (QED) is 0.270. The lowest BCUT2D eigenvalue weighted by Gasteiger charge is -2.33. The van der Waals surface area contributed by atoms with Crippen molar-refractivity contribution in [2.24, 2.45) is 12.0 Å². The molecule has 2 rings (SSSR count). The summed E-state index contributed by atoms with van der Waals surface area (Å²) in [6, 6.07) is 0.744. The first kappa shape index (κ1) is 22.2. The Morgan fingerprint density at radius 1 is 1.36 bits per heavy atom. The Labute approximate surface area is 169 Å². The molecule has 1 aromatic heterocycles. The third kappa shape index (κ3) is 8.40. The lowest BCUT2D eigenvalue weighted by molar-refractivity contribution is 0.160. The molecule has 1 unspecified atom stereocenters. The van der Waals surface area contributed by atoms with Gasteiger partial charge in [-0.1, -0.05) is 6.42 Å². The van der Waals surface area contributed by atoms with Gasteiger partial charge in [0.25, 0.3) is 0 Å². The number of nitrogens with zero attached hydrogens (tertiary/aromatic N) is 4. The van der Waals surface area contributed by atoms with Crippen LogP contribution in [0.25, 0.3) is 0 Å². The number of likely N-dealkylation sites (tertiary alicyclic amines) is 1. The van der Waals surface area contributed by atoms with Gasteiger partial charge in [0.15, 0.2) is 5.96 Å². The second-order valence-corrected chi connectivity index (χ2v) is 6.69. The van der Waals surface area contributed by atoms with Crippen molar-refractivity contribution in [1.82, 2.24) is 25.3 Å². The Morgan fingerprint density at radius 2 is 2.20 bits per heavy atom. The van der Waals surface area contributed by atoms with Crippen LogP contribution < -0.4 is 10.6 Å². The van der Waals surface area contributed by atoms with Crippen LogP contribution >= 0.6 is 24.0 Å². The predicted molar refractivity (Wildman–Crippen MR) is 116 cm³/mol. The number of hydrogen-bond acceptors (Lipinski definition) is 3. The number of halogens is 1. The van der Waals surface area contributed by atoms with Crippen molar-refractivity contribution in [3.63, 3.8) is 0 Å². The lowest BCUT2D eigenvalue weighted by Crippen LogP contribution is -2.39. The minimum absolute atomic E-state index is 0. The van der Waals surface area contributed by atoms with Gasteiger partial charge in [0.05, 0.1) is 6.20 Å². The normalized spacial score (nSPS) is 18.7. The molecule has 1 saturated heterocycles. The predicted octanol–water partition coefficient (Wildman–Crippen LogP) is 2.40. The van der Waals surface area contributed by atoms with E-state index in [0.717, 1.165) is 44.5 Å². The highest BCUT2D eigenvalue weighted by Crippen LogP contribution is 2.16. The Hall–Kier alpha value is -0.830. The minimum Gasteiger partial charge on any atom is -0.357 e. The van der Waals surface area contributed by atoms with Crippen molar-refractivity contribution in [1.29, 1.82) is 0 Å². The van der Waals surface area contributed by atoms with Crippen LogP contribution in [0, 0.1) is 0 Å². The molecule has 7 heteroatoms. The van der Waals surface area contributed by atoms with Crippen molar-refractivity contribution in [3.8, 4) is 0 Å². The van der Waals surface area contributed by atoms with Crippen molar-refractivity contribution < 1.29 is 0 Å². The average molecular weight is 462 g/mol. The SMILES string of the molecule is CCNC(=NCCCN1CCCCC1C)NCCc1cnn(C)c1.I. The second kappa shape index (κ2) is 12.5. The Morgan fingerprint density at radius 3 is 2.88 bits per heavy atom. The molecule has 0 aliphatic carbocycles. The fourth-order valence-corrected chi connectivity index (χ4v) is 3.22. The summed E-state index contributed by atoms with van der Waals surface area (Å²) in [7, 11) is 1.95. The van der Waals surface area contributed by atoms with Crippen LogP contribution in [0.3, 0.4) is 0 Å². The molecule has 0 aromatic carbocycles. The molecule has 1 aromatic rings. The standard InChI is InChI=1S/C18H34N6.HI/c1-4-19-18(21-11-9-17-14-22-23(3)15-17)20-10-7-13-24-12-6-5-8-16(24)2;/h14-16H,4-13H2,1-3H3,(H2,19,20,21);1H. The first-order valence-electron chi connectivity index (χ1n) is 9.42. The zero-order valence-corrected chi connectivity index (χ0v) is 18.3. The average Bonchev–Trinajstić information content (AvgIpc) is 2.98. The van der Waals surface area contributed by atoms with Gasteiger partial charge in [-0.2, -0.15) is 5.10 Å². The zero-order valence-electron chi connectivity index (χ0n) is 16.0. The Kier molecular flexibility index (Phi) is 11.1. The molecular weight excluding hydrogens is 427 g/mol. The maximum absolute atomic E-state index is 4.71. The van der Waals surface area contributed by atoms with Crippen LogP contribution in [0.15, 0.2) is 17.4 Å². The van der Waals surface area contributed by atoms with Crippen molar-refractivity contribution >= 4 is 29.9 Å². The summed E-state index contributed by atoms with van der Waals surface area (Å²) in [5.74, 6) is 0.924. The van der Waals surface area contributed by atoms with E-state index in [1.165, 1.54) is 37.9 Å². The summed E-state index contributed by atoms with van der Waals surface area (Å²) in [6.45, 7) is 9.53. The summed E-state index contributed by atoms with van der Waals surface area (Å²) in [5.41, 5.74) is 1.25. The van der Waals surface area contributed by atoms with Crippen LogP contribution in [0.5, 0.6) is 0 Å². The number of aromatic nitrogens is 2. The first-order valence-corrected chi connectivity index (χ1v) is 9.42. The molecule has 1 aliphatic heterocycles. The largest absolute Gasteiger partial charge is 0.357 e. The zero-order chi connectivity index (χ0) is 17.2. The molecule has 0 amide bonds. The summed E-state index contributed by atoms with van der Waals surface area (Å²) in [5, 5.41) is 10.9. The van der Waals surface area contributed by atoms with Crippen molar-refractivity contribution in [3.05, 3.63) is 18.0 Å². The van der Waals surface area contributed by atoms with E-state index < -0.39 is 0 Å². The molecule has 144 valence electrons. The molecule has 6 nitrogen and oxygen atoms in total. The van der Waals surface area contributed by atoms with Crippen LogP contribution in [-0.4, -0.2) is 59.4 Å². The van der Waals surface area contributed by atoms with Gasteiger partial charge >= 0.3 is 0 Å². The summed E-state index contributed by atoms with van der Waals surface area (Å²) < 4.78 is 1.84. The van der Waals surface area contributed by atoms with E-state index >= 15 is 0 Å². The first-order chi connectivity index (χ1) is 11.7. The number of piperidine rings is 1. The van der Waals surface area contributed by atoms with Crippen LogP contribution in [0.1, 0.15) is 45.1 Å². The second-order valence-electron chi connectivity index (χ2n) is 6.69. The maximum Gasteiger partial charge on any atom is 0.191 e. The molecule has 2 heterocycles. The third-order valence-electron chi connectivity index (χ3n) is 4.62. The van der Waals surface area contributed by atoms with Gasteiger partial charge < -0.3 is 15.5 Å². The summed E-state index contributed by atoms with van der Waals surface area (Å²) in [4.78, 5) is 7.32. The van der Waals surface area contributed by atoms with E-state index in [-0.39, 0.29) is 24.0 Å². The number of nitrogens with one attached hydrogen (secondary N) is 2. The molecule has 0 saturated carbocycles. The fraction of sp³-hybridized carbons (Fsp3) is 0.778. The highest BCUT2D eigenvalue weighted by atomic mass is 127. The summed E-state index contributed by atoms with van der Waals surface area (Å²) >= 11 is 0. The third-order valence-corrected chi connectivity index (χ3v) is 4.62. The smallest absolute Gasteiger partial charge is 0.191 e.